The van der Waals surface area contributed by atoms with E-state index in [2.05, 4.69) is 10.6 Å². The number of aliphatic hydroxyl groups excluding tert-OH is 1. The van der Waals surface area contributed by atoms with Crippen LogP contribution in [0.2, 0.25) is 0 Å². The van der Waals surface area contributed by atoms with Crippen molar-refractivity contribution >= 4 is 5.91 Å². The van der Waals surface area contributed by atoms with Crippen LogP contribution in [0.5, 0.6) is 0 Å². The lowest BCUT2D eigenvalue weighted by Gasteiger charge is -2.17. The van der Waals surface area contributed by atoms with E-state index in [0.717, 1.165) is 6.54 Å². The molecule has 1 aromatic rings. The van der Waals surface area contributed by atoms with E-state index in [4.69, 9.17) is 0 Å². The molecule has 2 rings (SSSR count). The van der Waals surface area contributed by atoms with Gasteiger partial charge in [-0.05, 0) is 18.4 Å². The molecule has 1 aliphatic rings. The highest BCUT2D eigenvalue weighted by Gasteiger charge is 2.16. The zero-order chi connectivity index (χ0) is 14.9. The molecule has 0 heterocycles. The molecule has 0 aliphatic heterocycles. The van der Waals surface area contributed by atoms with E-state index < -0.39 is 6.10 Å². The van der Waals surface area contributed by atoms with Gasteiger partial charge >= 0.3 is 0 Å². The fraction of sp³-hybridized carbons (Fsp3) is 0.588. The highest BCUT2D eigenvalue weighted by atomic mass is 16.3. The lowest BCUT2D eigenvalue weighted by Crippen LogP contribution is -2.38. The Hall–Kier alpha value is -1.39. The molecule has 0 radical (unpaired) electrons. The van der Waals surface area contributed by atoms with Crippen molar-refractivity contribution in [1.29, 1.82) is 0 Å². The molecule has 1 atom stereocenters. The summed E-state index contributed by atoms with van der Waals surface area (Å²) in [5.74, 6) is -0.330. The Balaban J connectivity index is 1.65. The summed E-state index contributed by atoms with van der Waals surface area (Å²) in [6.07, 6.45) is 6.69. The number of carbonyl (C=O) groups is 1. The van der Waals surface area contributed by atoms with Crippen molar-refractivity contribution in [3.05, 3.63) is 35.9 Å². The zero-order valence-corrected chi connectivity index (χ0v) is 12.6. The first-order valence-corrected chi connectivity index (χ1v) is 8.01. The Labute approximate surface area is 126 Å². The maximum Gasteiger partial charge on any atom is 0.253 e. The quantitative estimate of drug-likeness (QED) is 0.556. The maximum absolute atomic E-state index is 11.9. The summed E-state index contributed by atoms with van der Waals surface area (Å²) >= 11 is 0. The van der Waals surface area contributed by atoms with E-state index >= 15 is 0 Å². The molecule has 4 heteroatoms. The van der Waals surface area contributed by atoms with Crippen LogP contribution in [-0.2, 0) is 4.79 Å². The lowest BCUT2D eigenvalue weighted by atomic mass is 10.1. The second-order valence-corrected chi connectivity index (χ2v) is 5.75. The molecule has 0 aromatic heterocycles. The number of hydrogen-bond acceptors (Lipinski definition) is 3. The minimum Gasteiger partial charge on any atom is -0.378 e. The van der Waals surface area contributed by atoms with Gasteiger partial charge in [-0.2, -0.15) is 0 Å². The van der Waals surface area contributed by atoms with Crippen LogP contribution in [0.1, 0.15) is 50.2 Å². The number of aliphatic hydroxyl groups is 1. The lowest BCUT2D eigenvalue weighted by molar-refractivity contribution is -0.129. The number of carbonyl (C=O) groups excluding carboxylic acids is 1. The highest BCUT2D eigenvalue weighted by molar-refractivity contribution is 5.81. The number of rotatable bonds is 6. The van der Waals surface area contributed by atoms with Crippen LogP contribution >= 0.6 is 0 Å². The number of amides is 1. The SMILES string of the molecule is O=C(NCCNC1CCCCCC1)C(O)c1ccccc1. The van der Waals surface area contributed by atoms with Gasteiger partial charge in [0.1, 0.15) is 0 Å². The zero-order valence-electron chi connectivity index (χ0n) is 12.6. The van der Waals surface area contributed by atoms with E-state index in [1.54, 1.807) is 12.1 Å². The standard InChI is InChI=1S/C17H26N2O2/c20-16(14-8-4-3-5-9-14)17(21)19-13-12-18-15-10-6-1-2-7-11-15/h3-5,8-9,15-16,18,20H,1-2,6-7,10-13H2,(H,19,21). The second kappa shape index (κ2) is 8.80. The maximum atomic E-state index is 11.9. The van der Waals surface area contributed by atoms with Gasteiger partial charge in [0.2, 0.25) is 0 Å². The monoisotopic (exact) mass is 290 g/mol. The van der Waals surface area contributed by atoms with Crippen molar-refractivity contribution in [1.82, 2.24) is 10.6 Å². The van der Waals surface area contributed by atoms with Crippen LogP contribution in [0.3, 0.4) is 0 Å². The summed E-state index contributed by atoms with van der Waals surface area (Å²) in [7, 11) is 0. The minimum atomic E-state index is -1.08. The molecule has 1 aliphatic carbocycles. The van der Waals surface area contributed by atoms with Gasteiger partial charge in [0.05, 0.1) is 0 Å². The molecule has 3 N–H and O–H groups in total. The van der Waals surface area contributed by atoms with E-state index in [1.807, 2.05) is 18.2 Å². The predicted octanol–water partition coefficient (Wildman–Crippen LogP) is 2.15. The van der Waals surface area contributed by atoms with Crippen LogP contribution in [0.25, 0.3) is 0 Å². The molecule has 4 nitrogen and oxygen atoms in total. The van der Waals surface area contributed by atoms with Gasteiger partial charge in [-0.25, -0.2) is 0 Å². The Bertz CT molecular complexity index is 414. The van der Waals surface area contributed by atoms with E-state index in [0.29, 0.717) is 18.2 Å². The topological polar surface area (TPSA) is 61.4 Å². The van der Waals surface area contributed by atoms with Crippen molar-refractivity contribution in [3.8, 4) is 0 Å². The van der Waals surface area contributed by atoms with Crippen LogP contribution in [-0.4, -0.2) is 30.1 Å². The largest absolute Gasteiger partial charge is 0.378 e. The molecular formula is C17H26N2O2. The Kier molecular flexibility index (Phi) is 6.70. The smallest absolute Gasteiger partial charge is 0.253 e. The molecule has 0 spiro atoms. The van der Waals surface area contributed by atoms with Crippen LogP contribution in [0.4, 0.5) is 0 Å². The van der Waals surface area contributed by atoms with Crippen molar-refractivity contribution < 1.29 is 9.90 Å². The van der Waals surface area contributed by atoms with Crippen LogP contribution in [0, 0.1) is 0 Å². The van der Waals surface area contributed by atoms with Crippen molar-refractivity contribution in [2.75, 3.05) is 13.1 Å². The fourth-order valence-electron chi connectivity index (χ4n) is 2.83. The van der Waals surface area contributed by atoms with E-state index in [9.17, 15) is 9.90 Å². The van der Waals surface area contributed by atoms with Gasteiger partial charge in [-0.3, -0.25) is 4.79 Å². The van der Waals surface area contributed by atoms with E-state index in [1.165, 1.54) is 38.5 Å². The molecule has 1 aromatic carbocycles. The third kappa shape index (κ3) is 5.48. The van der Waals surface area contributed by atoms with Gasteiger partial charge in [-0.1, -0.05) is 56.0 Å². The summed E-state index contributed by atoms with van der Waals surface area (Å²) in [6, 6.07) is 9.61. The molecule has 1 fully saturated rings. The molecule has 116 valence electrons. The van der Waals surface area contributed by atoms with Gasteiger partial charge in [0.25, 0.3) is 5.91 Å². The second-order valence-electron chi connectivity index (χ2n) is 5.75. The van der Waals surface area contributed by atoms with Gasteiger partial charge in [0, 0.05) is 19.1 Å². The predicted molar refractivity (Wildman–Crippen MR) is 83.9 cm³/mol. The number of hydrogen-bond donors (Lipinski definition) is 3. The van der Waals surface area contributed by atoms with E-state index in [-0.39, 0.29) is 5.91 Å². The van der Waals surface area contributed by atoms with Crippen molar-refractivity contribution in [3.63, 3.8) is 0 Å². The molecule has 1 unspecified atom stereocenters. The third-order valence-corrected chi connectivity index (χ3v) is 4.08. The first-order chi connectivity index (χ1) is 10.3. The average molecular weight is 290 g/mol. The summed E-state index contributed by atoms with van der Waals surface area (Å²) < 4.78 is 0. The number of nitrogens with one attached hydrogen (secondary N) is 2. The first kappa shape index (κ1) is 16.0. The van der Waals surface area contributed by atoms with Gasteiger partial charge in [-0.15, -0.1) is 0 Å². The Morgan fingerprint density at radius 3 is 2.43 bits per heavy atom. The Morgan fingerprint density at radius 1 is 1.10 bits per heavy atom. The van der Waals surface area contributed by atoms with Gasteiger partial charge < -0.3 is 15.7 Å². The van der Waals surface area contributed by atoms with Gasteiger partial charge in [0.15, 0.2) is 6.10 Å². The fourth-order valence-corrected chi connectivity index (χ4v) is 2.83. The molecule has 0 bridgehead atoms. The molecule has 1 amide bonds. The summed E-state index contributed by atoms with van der Waals surface area (Å²) in [5.41, 5.74) is 0.631. The number of benzene rings is 1. The molecule has 0 saturated heterocycles. The normalized spacial score (nSPS) is 18.0. The van der Waals surface area contributed by atoms with Crippen molar-refractivity contribution in [2.45, 2.75) is 50.7 Å². The summed E-state index contributed by atoms with van der Waals surface area (Å²) in [6.45, 7) is 1.32. The third-order valence-electron chi connectivity index (χ3n) is 4.08. The van der Waals surface area contributed by atoms with Crippen molar-refractivity contribution in [2.24, 2.45) is 0 Å². The molecule has 1 saturated carbocycles. The molecular weight excluding hydrogens is 264 g/mol. The Morgan fingerprint density at radius 2 is 1.76 bits per heavy atom. The first-order valence-electron chi connectivity index (χ1n) is 8.01. The summed E-state index contributed by atoms with van der Waals surface area (Å²) in [5, 5.41) is 16.2. The van der Waals surface area contributed by atoms with Crippen LogP contribution < -0.4 is 10.6 Å². The average Bonchev–Trinajstić information content (AvgIpc) is 2.80. The highest BCUT2D eigenvalue weighted by Crippen LogP contribution is 2.16. The molecule has 21 heavy (non-hydrogen) atoms. The summed E-state index contributed by atoms with van der Waals surface area (Å²) in [4.78, 5) is 11.9. The van der Waals surface area contributed by atoms with Crippen LogP contribution in [0.15, 0.2) is 30.3 Å². The minimum absolute atomic E-state index is 0.330.